The van der Waals surface area contributed by atoms with E-state index in [0.29, 0.717) is 6.54 Å². The summed E-state index contributed by atoms with van der Waals surface area (Å²) in [5, 5.41) is 0. The second-order valence-corrected chi connectivity index (χ2v) is 7.63. The average Bonchev–Trinajstić information content (AvgIpc) is 2.95. The number of nitrogens with zero attached hydrogens (tertiary/aromatic N) is 2. The highest BCUT2D eigenvalue weighted by Crippen LogP contribution is 2.33. The normalized spacial score (nSPS) is 18.7. The van der Waals surface area contributed by atoms with Gasteiger partial charge in [0, 0.05) is 13.6 Å². The molecule has 0 radical (unpaired) electrons. The Bertz CT molecular complexity index is 645. The zero-order chi connectivity index (χ0) is 16.3. The van der Waals surface area contributed by atoms with Gasteiger partial charge in [0.05, 0.1) is 26.0 Å². The number of benzene rings is 1. The van der Waals surface area contributed by atoms with Crippen LogP contribution in [0.25, 0.3) is 0 Å². The molecule has 0 aliphatic carbocycles. The van der Waals surface area contributed by atoms with Crippen LogP contribution in [0.1, 0.15) is 24.4 Å². The summed E-state index contributed by atoms with van der Waals surface area (Å²) in [5.41, 5.74) is 1.02. The van der Waals surface area contributed by atoms with E-state index >= 15 is 0 Å². The van der Waals surface area contributed by atoms with Gasteiger partial charge in [-0.3, -0.25) is 4.79 Å². The molecule has 1 aromatic carbocycles. The van der Waals surface area contributed by atoms with Crippen molar-refractivity contribution in [2.45, 2.75) is 18.9 Å². The summed E-state index contributed by atoms with van der Waals surface area (Å²) >= 11 is 0. The number of likely N-dealkylation sites (tertiary alicyclic amines) is 1. The van der Waals surface area contributed by atoms with E-state index in [1.54, 1.807) is 12.0 Å². The highest BCUT2D eigenvalue weighted by Gasteiger charge is 2.31. The Labute approximate surface area is 131 Å². The van der Waals surface area contributed by atoms with Crippen LogP contribution in [0.2, 0.25) is 0 Å². The van der Waals surface area contributed by atoms with E-state index in [0.717, 1.165) is 34.7 Å². The van der Waals surface area contributed by atoms with Crippen molar-refractivity contribution in [3.05, 3.63) is 29.8 Å². The molecule has 1 atom stereocenters. The fraction of sp³-hybridized carbons (Fsp3) is 0.533. The van der Waals surface area contributed by atoms with Crippen molar-refractivity contribution < 1.29 is 17.9 Å². The second-order valence-electron chi connectivity index (χ2n) is 5.54. The molecular formula is C15H22N2O4S. The maximum absolute atomic E-state index is 12.4. The molecule has 0 bridgehead atoms. The van der Waals surface area contributed by atoms with Crippen molar-refractivity contribution in [3.63, 3.8) is 0 Å². The van der Waals surface area contributed by atoms with Crippen molar-refractivity contribution >= 4 is 15.9 Å². The average molecular weight is 326 g/mol. The van der Waals surface area contributed by atoms with Gasteiger partial charge in [0.2, 0.25) is 15.9 Å². The van der Waals surface area contributed by atoms with Crippen LogP contribution in [0.15, 0.2) is 24.3 Å². The first-order valence-corrected chi connectivity index (χ1v) is 9.02. The SMILES string of the molecule is COc1cccc([C@@H]2CCCN2C(=O)CN(C)S(C)(=O)=O)c1. The molecule has 0 spiro atoms. The van der Waals surface area contributed by atoms with Crippen molar-refractivity contribution in [2.24, 2.45) is 0 Å². The topological polar surface area (TPSA) is 66.9 Å². The minimum atomic E-state index is -3.35. The van der Waals surface area contributed by atoms with E-state index in [9.17, 15) is 13.2 Å². The summed E-state index contributed by atoms with van der Waals surface area (Å²) in [7, 11) is -0.325. The molecule has 22 heavy (non-hydrogen) atoms. The Balaban J connectivity index is 2.14. The van der Waals surface area contributed by atoms with Crippen LogP contribution in [0.3, 0.4) is 0 Å². The predicted molar refractivity (Wildman–Crippen MR) is 84.2 cm³/mol. The Morgan fingerprint density at radius 3 is 2.82 bits per heavy atom. The number of likely N-dealkylation sites (N-methyl/N-ethyl adjacent to an activating group) is 1. The maximum atomic E-state index is 12.4. The number of methoxy groups -OCH3 is 1. The number of rotatable bonds is 5. The lowest BCUT2D eigenvalue weighted by molar-refractivity contribution is -0.132. The van der Waals surface area contributed by atoms with Gasteiger partial charge in [-0.2, -0.15) is 4.31 Å². The van der Waals surface area contributed by atoms with E-state index < -0.39 is 10.0 Å². The molecule has 0 unspecified atom stereocenters. The Morgan fingerprint density at radius 1 is 1.45 bits per heavy atom. The number of amides is 1. The lowest BCUT2D eigenvalue weighted by Crippen LogP contribution is -2.40. The third-order valence-electron chi connectivity index (χ3n) is 3.98. The molecule has 2 rings (SSSR count). The van der Waals surface area contributed by atoms with Gasteiger partial charge >= 0.3 is 0 Å². The van der Waals surface area contributed by atoms with Crippen LogP contribution in [-0.2, 0) is 14.8 Å². The molecule has 7 heteroatoms. The molecule has 1 aliphatic rings. The highest BCUT2D eigenvalue weighted by molar-refractivity contribution is 7.88. The molecule has 0 aromatic heterocycles. The molecule has 1 heterocycles. The largest absolute Gasteiger partial charge is 0.497 e. The van der Waals surface area contributed by atoms with Gasteiger partial charge in [-0.05, 0) is 30.5 Å². The predicted octanol–water partition coefficient (Wildman–Crippen LogP) is 1.25. The fourth-order valence-electron chi connectivity index (χ4n) is 2.66. The summed E-state index contributed by atoms with van der Waals surface area (Å²) < 4.78 is 29.2. The van der Waals surface area contributed by atoms with Crippen molar-refractivity contribution in [1.82, 2.24) is 9.21 Å². The molecule has 1 fully saturated rings. The first kappa shape index (κ1) is 16.8. The summed E-state index contributed by atoms with van der Waals surface area (Å²) in [6, 6.07) is 7.64. The Kier molecular flexibility index (Phi) is 5.08. The standard InChI is InChI=1S/C15H22N2O4S/c1-16(22(3,19)20)11-15(18)17-9-5-8-14(17)12-6-4-7-13(10-12)21-2/h4,6-7,10,14H,5,8-9,11H2,1-3H3/t14-/m0/s1. The minimum Gasteiger partial charge on any atom is -0.497 e. The van der Waals surface area contributed by atoms with E-state index in [-0.39, 0.29) is 18.5 Å². The van der Waals surface area contributed by atoms with E-state index in [1.807, 2.05) is 24.3 Å². The van der Waals surface area contributed by atoms with Gasteiger partial charge in [0.1, 0.15) is 5.75 Å². The van der Waals surface area contributed by atoms with Gasteiger partial charge in [0.15, 0.2) is 0 Å². The van der Waals surface area contributed by atoms with E-state index in [1.165, 1.54) is 7.05 Å². The van der Waals surface area contributed by atoms with Crippen LogP contribution < -0.4 is 4.74 Å². The van der Waals surface area contributed by atoms with Crippen LogP contribution in [0, 0.1) is 0 Å². The number of hydrogen-bond donors (Lipinski definition) is 0. The maximum Gasteiger partial charge on any atom is 0.238 e. The van der Waals surface area contributed by atoms with Crippen LogP contribution in [0.5, 0.6) is 5.75 Å². The van der Waals surface area contributed by atoms with Gasteiger partial charge in [-0.1, -0.05) is 12.1 Å². The molecule has 1 aliphatic heterocycles. The number of hydrogen-bond acceptors (Lipinski definition) is 4. The smallest absolute Gasteiger partial charge is 0.238 e. The molecule has 0 N–H and O–H groups in total. The van der Waals surface area contributed by atoms with Crippen LogP contribution >= 0.6 is 0 Å². The number of sulfonamides is 1. The summed E-state index contributed by atoms with van der Waals surface area (Å²) in [6.45, 7) is 0.525. The third-order valence-corrected chi connectivity index (χ3v) is 5.24. The van der Waals surface area contributed by atoms with Crippen molar-refractivity contribution in [3.8, 4) is 5.75 Å². The van der Waals surface area contributed by atoms with Gasteiger partial charge in [-0.15, -0.1) is 0 Å². The van der Waals surface area contributed by atoms with Gasteiger partial charge < -0.3 is 9.64 Å². The molecule has 1 amide bonds. The number of carbonyl (C=O) groups is 1. The first-order chi connectivity index (χ1) is 10.3. The first-order valence-electron chi connectivity index (χ1n) is 7.17. The second kappa shape index (κ2) is 6.66. The van der Waals surface area contributed by atoms with Crippen LogP contribution in [-0.4, -0.2) is 57.0 Å². The Morgan fingerprint density at radius 2 is 2.18 bits per heavy atom. The third kappa shape index (κ3) is 3.78. The minimum absolute atomic E-state index is 0.0180. The molecule has 122 valence electrons. The monoisotopic (exact) mass is 326 g/mol. The lowest BCUT2D eigenvalue weighted by atomic mass is 10.0. The Hall–Kier alpha value is -1.60. The van der Waals surface area contributed by atoms with Gasteiger partial charge in [0.25, 0.3) is 0 Å². The van der Waals surface area contributed by atoms with E-state index in [4.69, 9.17) is 4.74 Å². The number of carbonyl (C=O) groups excluding carboxylic acids is 1. The van der Waals surface area contributed by atoms with Crippen molar-refractivity contribution in [1.29, 1.82) is 0 Å². The molecule has 6 nitrogen and oxygen atoms in total. The molecule has 1 saturated heterocycles. The van der Waals surface area contributed by atoms with Crippen molar-refractivity contribution in [2.75, 3.05) is 33.5 Å². The molecule has 1 aromatic rings. The lowest BCUT2D eigenvalue weighted by Gasteiger charge is -2.27. The summed E-state index contributed by atoms with van der Waals surface area (Å²) in [6.07, 6.45) is 2.89. The van der Waals surface area contributed by atoms with E-state index in [2.05, 4.69) is 0 Å². The van der Waals surface area contributed by atoms with Crippen LogP contribution in [0.4, 0.5) is 0 Å². The van der Waals surface area contributed by atoms with Gasteiger partial charge in [-0.25, -0.2) is 8.42 Å². The molecular weight excluding hydrogens is 304 g/mol. The summed E-state index contributed by atoms with van der Waals surface area (Å²) in [4.78, 5) is 14.2. The highest BCUT2D eigenvalue weighted by atomic mass is 32.2. The zero-order valence-corrected chi connectivity index (χ0v) is 14.0. The summed E-state index contributed by atoms with van der Waals surface area (Å²) in [5.74, 6) is 0.586. The zero-order valence-electron chi connectivity index (χ0n) is 13.2. The number of ether oxygens (including phenoxy) is 1. The quantitative estimate of drug-likeness (QED) is 0.817. The fourth-order valence-corrected chi connectivity index (χ4v) is 3.00. The molecule has 0 saturated carbocycles.